The number of hydrogen-bond donors (Lipinski definition) is 0. The first-order valence-electron chi connectivity index (χ1n) is 14.4. The SMILES string of the molecule is CCC1CCC2(COC)C(CCC3C4CCC(C(=O)Cn5cnc6ccccc65)C4(C)CCC32)C1. The predicted molar refractivity (Wildman–Crippen MR) is 140 cm³/mol. The lowest BCUT2D eigenvalue weighted by Gasteiger charge is -2.62. The molecule has 0 bridgehead atoms. The number of carbonyl (C=O) groups is 1. The largest absolute Gasteiger partial charge is 0.384 e. The molecule has 8 atom stereocenters. The number of nitrogens with zero attached hydrogens (tertiary/aromatic N) is 2. The van der Waals surface area contributed by atoms with Crippen LogP contribution in [0.4, 0.5) is 0 Å². The number of fused-ring (bicyclic) bond motifs is 6. The number of ketones is 1. The fourth-order valence-corrected chi connectivity index (χ4v) is 10.0. The van der Waals surface area contributed by atoms with Crippen LogP contribution in [0.5, 0.6) is 0 Å². The van der Waals surface area contributed by atoms with E-state index in [9.17, 15) is 4.79 Å². The molecule has 0 spiro atoms. The molecule has 1 aromatic carbocycles. The number of para-hydroxylation sites is 2. The van der Waals surface area contributed by atoms with Gasteiger partial charge in [-0.25, -0.2) is 4.98 Å². The second kappa shape index (κ2) is 9.01. The van der Waals surface area contributed by atoms with Crippen LogP contribution < -0.4 is 0 Å². The summed E-state index contributed by atoms with van der Waals surface area (Å²) in [5.41, 5.74) is 2.61. The van der Waals surface area contributed by atoms with E-state index in [1.807, 2.05) is 31.6 Å². The van der Waals surface area contributed by atoms with Crippen molar-refractivity contribution in [3.63, 3.8) is 0 Å². The van der Waals surface area contributed by atoms with E-state index in [1.54, 1.807) is 0 Å². The molecule has 0 amide bonds. The number of carbonyl (C=O) groups excluding carboxylic acids is 1. The summed E-state index contributed by atoms with van der Waals surface area (Å²) < 4.78 is 8.06. The third-order valence-corrected chi connectivity index (χ3v) is 11.7. The van der Waals surface area contributed by atoms with Gasteiger partial charge < -0.3 is 9.30 Å². The van der Waals surface area contributed by atoms with Gasteiger partial charge in [-0.05, 0) is 110 Å². The second-order valence-corrected chi connectivity index (χ2v) is 12.9. The minimum absolute atomic E-state index is 0.163. The van der Waals surface area contributed by atoms with Gasteiger partial charge >= 0.3 is 0 Å². The van der Waals surface area contributed by atoms with Crippen LogP contribution in [-0.2, 0) is 16.1 Å². The van der Waals surface area contributed by atoms with E-state index in [-0.39, 0.29) is 11.3 Å². The molecular weight excluding hydrogens is 432 g/mol. The summed E-state index contributed by atoms with van der Waals surface area (Å²) in [7, 11) is 1.93. The molecule has 0 N–H and O–H groups in total. The van der Waals surface area contributed by atoms with Crippen molar-refractivity contribution < 1.29 is 9.53 Å². The molecule has 2 aromatic rings. The number of benzene rings is 1. The van der Waals surface area contributed by atoms with E-state index in [0.717, 1.165) is 47.7 Å². The summed E-state index contributed by atoms with van der Waals surface area (Å²) in [6, 6.07) is 8.17. The van der Waals surface area contributed by atoms with Crippen molar-refractivity contribution in [3.8, 4) is 0 Å². The minimum atomic E-state index is 0.163. The maximum absolute atomic E-state index is 13.8. The van der Waals surface area contributed by atoms with E-state index < -0.39 is 0 Å². The van der Waals surface area contributed by atoms with Crippen LogP contribution in [0.25, 0.3) is 11.0 Å². The maximum atomic E-state index is 13.8. The summed E-state index contributed by atoms with van der Waals surface area (Å²) in [6.07, 6.45) is 15.0. The average Bonchev–Trinajstić information content (AvgIpc) is 3.44. The van der Waals surface area contributed by atoms with Gasteiger partial charge in [-0.3, -0.25) is 4.79 Å². The Morgan fingerprint density at radius 3 is 2.77 bits per heavy atom. The lowest BCUT2D eigenvalue weighted by atomic mass is 9.43. The number of Topliss-reactive ketones (excluding diaryl/α,β-unsaturated/α-hetero) is 1. The smallest absolute Gasteiger partial charge is 0.156 e. The van der Waals surface area contributed by atoms with Crippen LogP contribution in [-0.4, -0.2) is 29.1 Å². The maximum Gasteiger partial charge on any atom is 0.156 e. The molecule has 4 aliphatic rings. The van der Waals surface area contributed by atoms with Crippen LogP contribution in [0, 0.1) is 46.3 Å². The average molecular weight is 477 g/mol. The highest BCUT2D eigenvalue weighted by atomic mass is 16.5. The molecular formula is C31H44N2O2. The molecule has 8 unspecified atom stereocenters. The number of imidazole rings is 1. The van der Waals surface area contributed by atoms with Crippen LogP contribution in [0.1, 0.15) is 78.1 Å². The third kappa shape index (κ3) is 3.64. The van der Waals surface area contributed by atoms with Crippen molar-refractivity contribution in [1.29, 1.82) is 0 Å². The van der Waals surface area contributed by atoms with Gasteiger partial charge in [0.25, 0.3) is 0 Å². The minimum Gasteiger partial charge on any atom is -0.384 e. The van der Waals surface area contributed by atoms with Crippen molar-refractivity contribution in [1.82, 2.24) is 9.55 Å². The van der Waals surface area contributed by atoms with Gasteiger partial charge in [0, 0.05) is 13.0 Å². The van der Waals surface area contributed by atoms with E-state index in [4.69, 9.17) is 4.74 Å². The van der Waals surface area contributed by atoms with Crippen molar-refractivity contribution in [2.45, 2.75) is 84.6 Å². The van der Waals surface area contributed by atoms with Gasteiger partial charge in [-0.1, -0.05) is 32.4 Å². The molecule has 4 fully saturated rings. The third-order valence-electron chi connectivity index (χ3n) is 11.7. The Hall–Kier alpha value is -1.68. The fraction of sp³-hybridized carbons (Fsp3) is 0.742. The zero-order valence-corrected chi connectivity index (χ0v) is 22.0. The number of rotatable bonds is 6. The molecule has 4 aliphatic carbocycles. The van der Waals surface area contributed by atoms with Gasteiger partial charge in [0.05, 0.1) is 30.5 Å². The zero-order valence-electron chi connectivity index (χ0n) is 22.0. The molecule has 4 saturated carbocycles. The second-order valence-electron chi connectivity index (χ2n) is 12.9. The molecule has 4 heteroatoms. The summed E-state index contributed by atoms with van der Waals surface area (Å²) >= 11 is 0. The van der Waals surface area contributed by atoms with Gasteiger partial charge in [-0.15, -0.1) is 0 Å². The van der Waals surface area contributed by atoms with Crippen molar-refractivity contribution in [3.05, 3.63) is 30.6 Å². The van der Waals surface area contributed by atoms with E-state index in [2.05, 4.69) is 29.5 Å². The predicted octanol–water partition coefficient (Wildman–Crippen LogP) is 6.92. The Kier molecular flexibility index (Phi) is 6.10. The first-order chi connectivity index (χ1) is 17.0. The Morgan fingerprint density at radius 2 is 1.94 bits per heavy atom. The highest BCUT2D eigenvalue weighted by molar-refractivity contribution is 5.84. The molecule has 0 radical (unpaired) electrons. The number of aromatic nitrogens is 2. The summed E-state index contributed by atoms with van der Waals surface area (Å²) in [5, 5.41) is 0. The molecule has 35 heavy (non-hydrogen) atoms. The van der Waals surface area contributed by atoms with Crippen LogP contribution in [0.15, 0.2) is 30.6 Å². The molecule has 1 heterocycles. The number of hydrogen-bond acceptors (Lipinski definition) is 3. The fourth-order valence-electron chi connectivity index (χ4n) is 10.0. The quantitative estimate of drug-likeness (QED) is 0.455. The highest BCUT2D eigenvalue weighted by Gasteiger charge is 2.62. The van der Waals surface area contributed by atoms with E-state index in [0.29, 0.717) is 23.7 Å². The lowest BCUT2D eigenvalue weighted by molar-refractivity contribution is -0.155. The van der Waals surface area contributed by atoms with Crippen LogP contribution in [0.3, 0.4) is 0 Å². The van der Waals surface area contributed by atoms with Gasteiger partial charge in [0.15, 0.2) is 5.78 Å². The number of methoxy groups -OCH3 is 1. The van der Waals surface area contributed by atoms with Crippen LogP contribution in [0.2, 0.25) is 0 Å². The van der Waals surface area contributed by atoms with E-state index in [1.165, 1.54) is 57.8 Å². The first kappa shape index (κ1) is 23.7. The normalized spacial score (nSPS) is 40.8. The Balaban J connectivity index is 1.23. The van der Waals surface area contributed by atoms with Crippen molar-refractivity contribution >= 4 is 16.8 Å². The molecule has 0 saturated heterocycles. The molecule has 4 nitrogen and oxygen atoms in total. The first-order valence-corrected chi connectivity index (χ1v) is 14.4. The summed E-state index contributed by atoms with van der Waals surface area (Å²) in [5.74, 6) is 4.67. The zero-order chi connectivity index (χ0) is 24.2. The van der Waals surface area contributed by atoms with Gasteiger partial charge in [-0.2, -0.15) is 0 Å². The molecule has 0 aliphatic heterocycles. The lowest BCUT2D eigenvalue weighted by Crippen LogP contribution is -2.56. The Bertz CT molecular complexity index is 1080. The Morgan fingerprint density at radius 1 is 1.09 bits per heavy atom. The molecule has 190 valence electrons. The van der Waals surface area contributed by atoms with Crippen molar-refractivity contribution in [2.75, 3.05) is 13.7 Å². The Labute approximate surface area is 211 Å². The standard InChI is InChI=1S/C31H44N2O2/c1-4-21-13-16-31(19-35-3)22(17-21)9-10-23-24-11-12-26(30(24,2)15-14-25(23)31)29(34)18-33-20-32-27-7-5-6-8-28(27)33/h5-8,20-26H,4,9-19H2,1-3H3. The van der Waals surface area contributed by atoms with Crippen LogP contribution >= 0.6 is 0 Å². The van der Waals surface area contributed by atoms with Crippen molar-refractivity contribution in [2.24, 2.45) is 46.3 Å². The summed E-state index contributed by atoms with van der Waals surface area (Å²) in [4.78, 5) is 18.3. The highest BCUT2D eigenvalue weighted by Crippen LogP contribution is 2.68. The summed E-state index contributed by atoms with van der Waals surface area (Å²) in [6.45, 7) is 6.29. The topological polar surface area (TPSA) is 44.1 Å². The number of ether oxygens (including phenoxy) is 1. The van der Waals surface area contributed by atoms with Gasteiger partial charge in [0.1, 0.15) is 0 Å². The molecule has 6 rings (SSSR count). The van der Waals surface area contributed by atoms with E-state index >= 15 is 0 Å². The van der Waals surface area contributed by atoms with Gasteiger partial charge in [0.2, 0.25) is 0 Å². The monoisotopic (exact) mass is 476 g/mol. The molecule has 1 aromatic heterocycles.